The van der Waals surface area contributed by atoms with Gasteiger partial charge < -0.3 is 0 Å². The smallest absolute Gasteiger partial charge is 0.121 e. The molecule has 0 fully saturated rings. The molecular weight excluding hydrogens is 280 g/mol. The van der Waals surface area contributed by atoms with Crippen LogP contribution in [0.4, 0.5) is 0 Å². The molecule has 0 aliphatic carbocycles. The molecule has 0 bridgehead atoms. The SMILES string of the molecule is CC(C)c1ccc(C(C#N)NCc2ccccc2Cl)cc1. The molecule has 1 atom stereocenters. The summed E-state index contributed by atoms with van der Waals surface area (Å²) in [5.74, 6) is 0.496. The van der Waals surface area contributed by atoms with Crippen LogP contribution in [0.15, 0.2) is 48.5 Å². The minimum absolute atomic E-state index is 0.331. The van der Waals surface area contributed by atoms with E-state index in [0.717, 1.165) is 16.1 Å². The van der Waals surface area contributed by atoms with Gasteiger partial charge >= 0.3 is 0 Å². The molecule has 108 valence electrons. The highest BCUT2D eigenvalue weighted by molar-refractivity contribution is 6.31. The third kappa shape index (κ3) is 4.07. The quantitative estimate of drug-likeness (QED) is 0.859. The summed E-state index contributed by atoms with van der Waals surface area (Å²) in [5, 5.41) is 13.3. The van der Waals surface area contributed by atoms with Crippen LogP contribution in [0.1, 0.15) is 42.5 Å². The van der Waals surface area contributed by atoms with Crippen LogP contribution >= 0.6 is 11.6 Å². The van der Waals surface area contributed by atoms with Gasteiger partial charge in [-0.1, -0.05) is 67.9 Å². The van der Waals surface area contributed by atoms with Crippen molar-refractivity contribution in [2.24, 2.45) is 0 Å². The molecule has 0 heterocycles. The Morgan fingerprint density at radius 1 is 1.05 bits per heavy atom. The average Bonchev–Trinajstić information content (AvgIpc) is 2.50. The summed E-state index contributed by atoms with van der Waals surface area (Å²) in [6.45, 7) is 4.89. The van der Waals surface area contributed by atoms with E-state index in [1.165, 1.54) is 5.56 Å². The lowest BCUT2D eigenvalue weighted by Gasteiger charge is -2.14. The van der Waals surface area contributed by atoms with Gasteiger partial charge in [-0.15, -0.1) is 0 Å². The molecule has 3 heteroatoms. The zero-order valence-electron chi connectivity index (χ0n) is 12.3. The third-order valence-corrected chi connectivity index (χ3v) is 3.89. The molecule has 0 aliphatic heterocycles. The van der Waals surface area contributed by atoms with Crippen molar-refractivity contribution >= 4 is 11.6 Å². The molecule has 2 nitrogen and oxygen atoms in total. The Morgan fingerprint density at radius 2 is 1.67 bits per heavy atom. The standard InChI is InChI=1S/C18H19ClN2/c1-13(2)14-7-9-15(10-8-14)18(11-20)21-12-16-5-3-4-6-17(16)19/h3-10,13,18,21H,12H2,1-2H3. The zero-order valence-corrected chi connectivity index (χ0v) is 13.1. The van der Waals surface area contributed by atoms with E-state index in [2.05, 4.69) is 37.4 Å². The fourth-order valence-electron chi connectivity index (χ4n) is 2.17. The molecule has 0 saturated carbocycles. The molecule has 2 rings (SSSR count). The Labute approximate surface area is 131 Å². The van der Waals surface area contributed by atoms with Crippen LogP contribution in [-0.2, 0) is 6.54 Å². The summed E-state index contributed by atoms with van der Waals surface area (Å²) < 4.78 is 0. The largest absolute Gasteiger partial charge is 0.294 e. The zero-order chi connectivity index (χ0) is 15.2. The Kier molecular flexibility index (Phi) is 5.38. The van der Waals surface area contributed by atoms with Crippen molar-refractivity contribution in [1.29, 1.82) is 5.26 Å². The fraction of sp³-hybridized carbons (Fsp3) is 0.278. The van der Waals surface area contributed by atoms with Gasteiger partial charge in [0.25, 0.3) is 0 Å². The molecule has 0 spiro atoms. The van der Waals surface area contributed by atoms with E-state index in [0.29, 0.717) is 12.5 Å². The molecule has 0 aliphatic rings. The lowest BCUT2D eigenvalue weighted by molar-refractivity contribution is 0.630. The maximum Gasteiger partial charge on any atom is 0.121 e. The Morgan fingerprint density at radius 3 is 2.24 bits per heavy atom. The molecule has 0 radical (unpaired) electrons. The molecular formula is C18H19ClN2. The van der Waals surface area contributed by atoms with E-state index in [9.17, 15) is 5.26 Å². The number of halogens is 1. The van der Waals surface area contributed by atoms with Gasteiger partial charge in [-0.3, -0.25) is 5.32 Å². The minimum Gasteiger partial charge on any atom is -0.294 e. The summed E-state index contributed by atoms with van der Waals surface area (Å²) in [7, 11) is 0. The summed E-state index contributed by atoms with van der Waals surface area (Å²) in [4.78, 5) is 0. The second-order valence-corrected chi connectivity index (χ2v) is 5.76. The topological polar surface area (TPSA) is 35.8 Å². The van der Waals surface area contributed by atoms with E-state index in [1.54, 1.807) is 0 Å². The third-order valence-electron chi connectivity index (χ3n) is 3.52. The average molecular weight is 299 g/mol. The summed E-state index contributed by atoms with van der Waals surface area (Å²) in [6, 6.07) is 17.8. The first-order valence-corrected chi connectivity index (χ1v) is 7.46. The lowest BCUT2D eigenvalue weighted by Crippen LogP contribution is -2.19. The van der Waals surface area contributed by atoms with E-state index in [1.807, 2.05) is 36.4 Å². The highest BCUT2D eigenvalue weighted by atomic mass is 35.5. The first-order chi connectivity index (χ1) is 10.1. The molecule has 0 amide bonds. The van der Waals surface area contributed by atoms with Gasteiger partial charge in [-0.05, 0) is 28.7 Å². The number of hydrogen-bond donors (Lipinski definition) is 1. The predicted octanol–water partition coefficient (Wildman–Crippen LogP) is 4.82. The van der Waals surface area contributed by atoms with Crippen molar-refractivity contribution in [3.63, 3.8) is 0 Å². The minimum atomic E-state index is -0.331. The van der Waals surface area contributed by atoms with E-state index in [-0.39, 0.29) is 6.04 Å². The van der Waals surface area contributed by atoms with Crippen molar-refractivity contribution in [1.82, 2.24) is 5.32 Å². The molecule has 1 N–H and O–H groups in total. The molecule has 1 unspecified atom stereocenters. The highest BCUT2D eigenvalue weighted by Crippen LogP contribution is 2.20. The molecule has 21 heavy (non-hydrogen) atoms. The van der Waals surface area contributed by atoms with Crippen molar-refractivity contribution in [2.45, 2.75) is 32.4 Å². The van der Waals surface area contributed by atoms with Crippen LogP contribution in [0.25, 0.3) is 0 Å². The van der Waals surface area contributed by atoms with Crippen LogP contribution in [0.2, 0.25) is 5.02 Å². The van der Waals surface area contributed by atoms with Gasteiger partial charge in [0.1, 0.15) is 6.04 Å². The maximum absolute atomic E-state index is 9.36. The number of rotatable bonds is 5. The maximum atomic E-state index is 9.36. The van der Waals surface area contributed by atoms with E-state index < -0.39 is 0 Å². The normalized spacial score (nSPS) is 12.1. The number of benzene rings is 2. The highest BCUT2D eigenvalue weighted by Gasteiger charge is 2.11. The van der Waals surface area contributed by atoms with Gasteiger partial charge in [-0.25, -0.2) is 0 Å². The molecule has 2 aromatic rings. The van der Waals surface area contributed by atoms with Crippen molar-refractivity contribution < 1.29 is 0 Å². The van der Waals surface area contributed by atoms with Crippen LogP contribution in [-0.4, -0.2) is 0 Å². The summed E-state index contributed by atoms with van der Waals surface area (Å²) in [6.07, 6.45) is 0. The van der Waals surface area contributed by atoms with E-state index >= 15 is 0 Å². The van der Waals surface area contributed by atoms with E-state index in [4.69, 9.17) is 11.6 Å². The monoisotopic (exact) mass is 298 g/mol. The van der Waals surface area contributed by atoms with Crippen LogP contribution in [0.3, 0.4) is 0 Å². The van der Waals surface area contributed by atoms with Crippen molar-refractivity contribution in [3.8, 4) is 6.07 Å². The Bertz CT molecular complexity index is 626. The van der Waals surface area contributed by atoms with Gasteiger partial charge in [-0.2, -0.15) is 5.26 Å². The number of hydrogen-bond acceptors (Lipinski definition) is 2. The summed E-state index contributed by atoms with van der Waals surface area (Å²) >= 11 is 6.13. The molecule has 2 aromatic carbocycles. The molecule has 0 saturated heterocycles. The fourth-order valence-corrected chi connectivity index (χ4v) is 2.37. The predicted molar refractivity (Wildman–Crippen MR) is 87.2 cm³/mol. The van der Waals surface area contributed by atoms with Crippen LogP contribution in [0.5, 0.6) is 0 Å². The van der Waals surface area contributed by atoms with Gasteiger partial charge in [0.2, 0.25) is 0 Å². The number of nitriles is 1. The Balaban J connectivity index is 2.07. The van der Waals surface area contributed by atoms with Crippen molar-refractivity contribution in [2.75, 3.05) is 0 Å². The Hall–Kier alpha value is -1.82. The van der Waals surface area contributed by atoms with Gasteiger partial charge in [0, 0.05) is 11.6 Å². The van der Waals surface area contributed by atoms with Crippen molar-refractivity contribution in [3.05, 3.63) is 70.2 Å². The van der Waals surface area contributed by atoms with Crippen LogP contribution < -0.4 is 5.32 Å². The second kappa shape index (κ2) is 7.26. The number of nitrogens with zero attached hydrogens (tertiary/aromatic N) is 1. The number of nitrogens with one attached hydrogen (secondary N) is 1. The lowest BCUT2D eigenvalue weighted by atomic mass is 9.99. The first kappa shape index (κ1) is 15.6. The summed E-state index contributed by atoms with van der Waals surface area (Å²) in [5.41, 5.74) is 3.26. The van der Waals surface area contributed by atoms with Gasteiger partial charge in [0.15, 0.2) is 0 Å². The van der Waals surface area contributed by atoms with Crippen LogP contribution in [0, 0.1) is 11.3 Å². The molecule has 0 aromatic heterocycles. The second-order valence-electron chi connectivity index (χ2n) is 5.36. The van der Waals surface area contributed by atoms with Gasteiger partial charge in [0.05, 0.1) is 6.07 Å². The first-order valence-electron chi connectivity index (χ1n) is 7.08.